The van der Waals surface area contributed by atoms with Gasteiger partial charge in [-0.25, -0.2) is 0 Å². The van der Waals surface area contributed by atoms with Crippen LogP contribution < -0.4 is 0 Å². The second-order valence-corrected chi connectivity index (χ2v) is 7.09. The Hall–Kier alpha value is -1.72. The highest BCUT2D eigenvalue weighted by Gasteiger charge is 2.46. The van der Waals surface area contributed by atoms with E-state index in [0.29, 0.717) is 24.4 Å². The van der Waals surface area contributed by atoms with Crippen molar-refractivity contribution in [3.63, 3.8) is 0 Å². The first-order valence-electron chi connectivity index (χ1n) is 7.76. The number of fused-ring (bicyclic) bond motifs is 1. The maximum atomic E-state index is 12.4. The third kappa shape index (κ3) is 2.55. The summed E-state index contributed by atoms with van der Waals surface area (Å²) in [6, 6.07) is 9.04. The molecule has 0 saturated carbocycles. The Morgan fingerprint density at radius 2 is 2.05 bits per heavy atom. The summed E-state index contributed by atoms with van der Waals surface area (Å²) in [5.41, 5.74) is 1.17. The van der Waals surface area contributed by atoms with Crippen LogP contribution in [0.15, 0.2) is 42.0 Å². The number of hydrogen-bond donors (Lipinski definition) is 0. The van der Waals surface area contributed by atoms with Gasteiger partial charge in [0.25, 0.3) is 0 Å². The van der Waals surface area contributed by atoms with Crippen LogP contribution in [0.1, 0.15) is 23.3 Å². The minimum absolute atomic E-state index is 0.294. The third-order valence-electron chi connectivity index (χ3n) is 4.77. The van der Waals surface area contributed by atoms with Gasteiger partial charge in [-0.1, -0.05) is 6.07 Å². The highest BCUT2D eigenvalue weighted by Crippen LogP contribution is 2.34. The van der Waals surface area contributed by atoms with Crippen molar-refractivity contribution in [3.05, 3.63) is 52.5 Å². The molecule has 0 aliphatic carbocycles. The molecule has 1 amide bonds. The quantitative estimate of drug-likeness (QED) is 0.870. The predicted molar refractivity (Wildman–Crippen MR) is 86.3 cm³/mol. The minimum atomic E-state index is 0.294. The largest absolute Gasteiger partial charge is 0.334 e. The van der Waals surface area contributed by atoms with E-state index in [4.69, 9.17) is 0 Å². The Kier molecular flexibility index (Phi) is 3.68. The molecule has 114 valence electrons. The van der Waals surface area contributed by atoms with E-state index in [-0.39, 0.29) is 0 Å². The summed E-state index contributed by atoms with van der Waals surface area (Å²) in [6.07, 6.45) is 5.35. The number of hydrogen-bond acceptors (Lipinski definition) is 4. The predicted octanol–water partition coefficient (Wildman–Crippen LogP) is 2.52. The molecular weight excluding hydrogens is 294 g/mol. The summed E-state index contributed by atoms with van der Waals surface area (Å²) < 4.78 is 0. The summed E-state index contributed by atoms with van der Waals surface area (Å²) in [7, 11) is 0. The van der Waals surface area contributed by atoms with Gasteiger partial charge in [-0.05, 0) is 35.6 Å². The Bertz CT molecular complexity index is 643. The van der Waals surface area contributed by atoms with Crippen molar-refractivity contribution >= 4 is 17.2 Å². The number of nitrogens with zero attached hydrogens (tertiary/aromatic N) is 3. The van der Waals surface area contributed by atoms with Crippen LogP contribution in [0.25, 0.3) is 0 Å². The number of amides is 1. The SMILES string of the molecule is O=C1C[C@H]2[C@@H](CCN2Cc2cccs2)N1Cc1ccncc1. The number of thiophene rings is 1. The molecule has 2 aromatic heterocycles. The van der Waals surface area contributed by atoms with Crippen LogP contribution in [-0.2, 0) is 17.9 Å². The molecule has 0 radical (unpaired) electrons. The average Bonchev–Trinajstić information content (AvgIpc) is 3.23. The topological polar surface area (TPSA) is 36.4 Å². The molecule has 0 aromatic carbocycles. The zero-order chi connectivity index (χ0) is 14.9. The van der Waals surface area contributed by atoms with E-state index in [9.17, 15) is 4.79 Å². The average molecular weight is 313 g/mol. The molecule has 2 atom stereocenters. The highest BCUT2D eigenvalue weighted by atomic mass is 32.1. The van der Waals surface area contributed by atoms with Gasteiger partial charge in [0, 0.05) is 55.4 Å². The van der Waals surface area contributed by atoms with Crippen molar-refractivity contribution in [1.82, 2.24) is 14.8 Å². The number of pyridine rings is 1. The molecule has 4 heterocycles. The lowest BCUT2D eigenvalue weighted by molar-refractivity contribution is -0.129. The molecule has 2 aliphatic heterocycles. The van der Waals surface area contributed by atoms with E-state index in [0.717, 1.165) is 26.1 Å². The summed E-state index contributed by atoms with van der Waals surface area (Å²) in [6.45, 7) is 2.79. The second kappa shape index (κ2) is 5.82. The van der Waals surface area contributed by atoms with Crippen molar-refractivity contribution in [2.24, 2.45) is 0 Å². The maximum Gasteiger partial charge on any atom is 0.224 e. The third-order valence-corrected chi connectivity index (χ3v) is 5.63. The van der Waals surface area contributed by atoms with Crippen LogP contribution in [-0.4, -0.2) is 39.3 Å². The summed E-state index contributed by atoms with van der Waals surface area (Å²) in [5.74, 6) is 0.294. The van der Waals surface area contributed by atoms with E-state index < -0.39 is 0 Å². The maximum absolute atomic E-state index is 12.4. The van der Waals surface area contributed by atoms with Gasteiger partial charge in [0.2, 0.25) is 5.91 Å². The van der Waals surface area contributed by atoms with Crippen LogP contribution in [0.2, 0.25) is 0 Å². The summed E-state index contributed by atoms with van der Waals surface area (Å²) in [4.78, 5) is 22.4. The van der Waals surface area contributed by atoms with E-state index in [1.807, 2.05) is 12.1 Å². The molecular formula is C17H19N3OS. The van der Waals surface area contributed by atoms with E-state index in [1.165, 1.54) is 10.4 Å². The van der Waals surface area contributed by atoms with Gasteiger partial charge in [-0.3, -0.25) is 14.7 Å². The molecule has 2 saturated heterocycles. The smallest absolute Gasteiger partial charge is 0.224 e. The molecule has 2 aromatic rings. The van der Waals surface area contributed by atoms with Crippen molar-refractivity contribution in [1.29, 1.82) is 0 Å². The van der Waals surface area contributed by atoms with Gasteiger partial charge in [0.05, 0.1) is 0 Å². The number of carbonyl (C=O) groups excluding carboxylic acids is 1. The zero-order valence-corrected chi connectivity index (χ0v) is 13.2. The molecule has 2 fully saturated rings. The van der Waals surface area contributed by atoms with Crippen LogP contribution >= 0.6 is 11.3 Å². The lowest BCUT2D eigenvalue weighted by atomic mass is 10.1. The van der Waals surface area contributed by atoms with Gasteiger partial charge in [-0.2, -0.15) is 0 Å². The zero-order valence-electron chi connectivity index (χ0n) is 12.4. The number of rotatable bonds is 4. The first-order chi connectivity index (χ1) is 10.8. The van der Waals surface area contributed by atoms with E-state index in [2.05, 4.69) is 32.3 Å². The van der Waals surface area contributed by atoms with Gasteiger partial charge in [-0.15, -0.1) is 11.3 Å². The minimum Gasteiger partial charge on any atom is -0.334 e. The molecule has 4 rings (SSSR count). The van der Waals surface area contributed by atoms with Crippen LogP contribution in [0, 0.1) is 0 Å². The lowest BCUT2D eigenvalue weighted by Gasteiger charge is -2.25. The monoisotopic (exact) mass is 313 g/mol. The van der Waals surface area contributed by atoms with Crippen molar-refractivity contribution < 1.29 is 4.79 Å². The standard InChI is InChI=1S/C17H19N3OS/c21-17-10-16-15(20(17)11-13-3-6-18-7-4-13)5-8-19(16)12-14-2-1-9-22-14/h1-4,6-7,9,15-16H,5,8,10-12H2/t15-,16+/m1/s1. The first kappa shape index (κ1) is 13.9. The lowest BCUT2D eigenvalue weighted by Crippen LogP contribution is -2.36. The number of carbonyl (C=O) groups is 1. The van der Waals surface area contributed by atoms with Crippen LogP contribution in [0.3, 0.4) is 0 Å². The van der Waals surface area contributed by atoms with Crippen LogP contribution in [0.5, 0.6) is 0 Å². The normalized spacial score (nSPS) is 24.9. The molecule has 22 heavy (non-hydrogen) atoms. The van der Waals surface area contributed by atoms with Gasteiger partial charge >= 0.3 is 0 Å². The molecule has 0 unspecified atom stereocenters. The van der Waals surface area contributed by atoms with Crippen LogP contribution in [0.4, 0.5) is 0 Å². The van der Waals surface area contributed by atoms with Gasteiger partial charge in [0.15, 0.2) is 0 Å². The van der Waals surface area contributed by atoms with E-state index >= 15 is 0 Å². The molecule has 4 nitrogen and oxygen atoms in total. The molecule has 5 heteroatoms. The molecule has 0 bridgehead atoms. The Morgan fingerprint density at radius 1 is 1.18 bits per heavy atom. The van der Waals surface area contributed by atoms with Gasteiger partial charge < -0.3 is 4.90 Å². The fourth-order valence-electron chi connectivity index (χ4n) is 3.70. The van der Waals surface area contributed by atoms with Crippen molar-refractivity contribution in [2.75, 3.05) is 6.54 Å². The first-order valence-corrected chi connectivity index (χ1v) is 8.64. The fourth-order valence-corrected chi connectivity index (χ4v) is 4.43. The Balaban J connectivity index is 1.47. The van der Waals surface area contributed by atoms with E-state index in [1.54, 1.807) is 23.7 Å². The highest BCUT2D eigenvalue weighted by molar-refractivity contribution is 7.09. The summed E-state index contributed by atoms with van der Waals surface area (Å²) >= 11 is 1.80. The second-order valence-electron chi connectivity index (χ2n) is 6.05. The Morgan fingerprint density at radius 3 is 2.82 bits per heavy atom. The number of aromatic nitrogens is 1. The molecule has 2 aliphatic rings. The van der Waals surface area contributed by atoms with Gasteiger partial charge in [0.1, 0.15) is 0 Å². The van der Waals surface area contributed by atoms with Crippen molar-refractivity contribution in [3.8, 4) is 0 Å². The molecule has 0 N–H and O–H groups in total. The fraction of sp³-hybridized carbons (Fsp3) is 0.412. The number of likely N-dealkylation sites (tertiary alicyclic amines) is 2. The van der Waals surface area contributed by atoms with Crippen molar-refractivity contribution in [2.45, 2.75) is 38.0 Å². The molecule has 0 spiro atoms. The summed E-state index contributed by atoms with van der Waals surface area (Å²) in [5, 5.41) is 2.12. The Labute approximate surface area is 134 Å².